The predicted octanol–water partition coefficient (Wildman–Crippen LogP) is 3.71. The van der Waals surface area contributed by atoms with Crippen molar-refractivity contribution in [3.8, 4) is 11.3 Å². The van der Waals surface area contributed by atoms with Crippen LogP contribution in [-0.4, -0.2) is 31.5 Å². The van der Waals surface area contributed by atoms with Gasteiger partial charge in [-0.1, -0.05) is 11.6 Å². The molecule has 4 aromatic heterocycles. The summed E-state index contributed by atoms with van der Waals surface area (Å²) in [5, 5.41) is 4.96. The van der Waals surface area contributed by atoms with Crippen LogP contribution in [0.3, 0.4) is 0 Å². The van der Waals surface area contributed by atoms with Crippen molar-refractivity contribution in [2.45, 2.75) is 13.1 Å². The van der Waals surface area contributed by atoms with E-state index in [-0.39, 0.29) is 5.91 Å². The van der Waals surface area contributed by atoms with E-state index in [0.717, 1.165) is 29.0 Å². The van der Waals surface area contributed by atoms with Crippen LogP contribution in [0.15, 0.2) is 59.5 Å². The normalized spacial score (nSPS) is 14.0. The van der Waals surface area contributed by atoms with Crippen LogP contribution >= 0.6 is 11.6 Å². The molecule has 0 spiro atoms. The van der Waals surface area contributed by atoms with Gasteiger partial charge >= 0.3 is 0 Å². The molecule has 6 nitrogen and oxygen atoms in total. The molecule has 26 heavy (non-hydrogen) atoms. The fraction of sp³-hybridized carbons (Fsp3) is 0.158. The number of nitrogens with zero attached hydrogens (tertiary/aromatic N) is 4. The first-order chi connectivity index (χ1) is 12.7. The van der Waals surface area contributed by atoms with E-state index in [2.05, 4.69) is 21.8 Å². The first-order valence-electron chi connectivity index (χ1n) is 8.34. The van der Waals surface area contributed by atoms with Crippen LogP contribution in [0.1, 0.15) is 16.2 Å². The second-order valence-electron chi connectivity index (χ2n) is 6.35. The Morgan fingerprint density at radius 1 is 1.15 bits per heavy atom. The average Bonchev–Trinajstić information content (AvgIpc) is 3.38. The van der Waals surface area contributed by atoms with Crippen molar-refractivity contribution in [1.82, 2.24) is 19.1 Å². The molecule has 0 N–H and O–H groups in total. The Kier molecular flexibility index (Phi) is 3.39. The summed E-state index contributed by atoms with van der Waals surface area (Å²) in [5.41, 5.74) is 4.55. The van der Waals surface area contributed by atoms with Crippen molar-refractivity contribution in [3.63, 3.8) is 0 Å². The van der Waals surface area contributed by atoms with E-state index in [4.69, 9.17) is 16.0 Å². The summed E-state index contributed by atoms with van der Waals surface area (Å²) >= 11 is 5.99. The molecular formula is C19H15ClN4O2. The summed E-state index contributed by atoms with van der Waals surface area (Å²) in [6.07, 6.45) is 5.11. The monoisotopic (exact) mass is 366 g/mol. The highest BCUT2D eigenvalue weighted by molar-refractivity contribution is 6.30. The van der Waals surface area contributed by atoms with Crippen molar-refractivity contribution in [2.24, 2.45) is 0 Å². The standard InChI is InChI=1S/C19H15ClN4O2/c20-14-1-2-15-9-17(21-24(15)10-14)19(25)22-6-7-23-16(11-22)3-4-18(23)13-5-8-26-12-13/h1-5,8-10,12H,6-7,11H2. The lowest BCUT2D eigenvalue weighted by molar-refractivity contribution is 0.0705. The first-order valence-corrected chi connectivity index (χ1v) is 8.72. The topological polar surface area (TPSA) is 55.7 Å². The fourth-order valence-corrected chi connectivity index (χ4v) is 3.63. The number of aromatic nitrogens is 3. The lowest BCUT2D eigenvalue weighted by Crippen LogP contribution is -2.38. The van der Waals surface area contributed by atoms with Gasteiger partial charge in [0.05, 0.1) is 35.3 Å². The van der Waals surface area contributed by atoms with Crippen LogP contribution < -0.4 is 0 Å². The molecule has 0 saturated carbocycles. The Morgan fingerprint density at radius 2 is 2.08 bits per heavy atom. The zero-order valence-electron chi connectivity index (χ0n) is 13.8. The molecule has 0 atom stereocenters. The zero-order chi connectivity index (χ0) is 17.7. The van der Waals surface area contributed by atoms with Crippen LogP contribution in [0.5, 0.6) is 0 Å². The molecule has 0 aliphatic carbocycles. The Morgan fingerprint density at radius 3 is 2.92 bits per heavy atom. The van der Waals surface area contributed by atoms with E-state index in [1.54, 1.807) is 35.4 Å². The minimum Gasteiger partial charge on any atom is -0.472 e. The molecular weight excluding hydrogens is 352 g/mol. The number of furan rings is 1. The summed E-state index contributed by atoms with van der Waals surface area (Å²) in [5.74, 6) is -0.0675. The van der Waals surface area contributed by atoms with Gasteiger partial charge in [0.15, 0.2) is 5.69 Å². The third-order valence-electron chi connectivity index (χ3n) is 4.76. The number of hydrogen-bond donors (Lipinski definition) is 0. The highest BCUT2D eigenvalue weighted by atomic mass is 35.5. The lowest BCUT2D eigenvalue weighted by Gasteiger charge is -2.29. The van der Waals surface area contributed by atoms with Crippen molar-refractivity contribution in [1.29, 1.82) is 0 Å². The SMILES string of the molecule is O=C(c1cc2ccc(Cl)cn2n1)N1CCn2c(ccc2-c2ccoc2)C1. The molecule has 0 unspecified atom stereocenters. The molecule has 5 rings (SSSR count). The summed E-state index contributed by atoms with van der Waals surface area (Å²) in [4.78, 5) is 14.7. The molecule has 0 saturated heterocycles. The van der Waals surface area contributed by atoms with E-state index < -0.39 is 0 Å². The number of carbonyl (C=O) groups excluding carboxylic acids is 1. The number of pyridine rings is 1. The molecule has 0 radical (unpaired) electrons. The van der Waals surface area contributed by atoms with E-state index in [9.17, 15) is 4.79 Å². The minimum atomic E-state index is -0.0675. The van der Waals surface area contributed by atoms with Crippen LogP contribution in [0.2, 0.25) is 5.02 Å². The van der Waals surface area contributed by atoms with Gasteiger partial charge in [0, 0.05) is 30.5 Å². The molecule has 1 aliphatic rings. The average molecular weight is 367 g/mol. The maximum absolute atomic E-state index is 12.9. The smallest absolute Gasteiger partial charge is 0.274 e. The van der Waals surface area contributed by atoms with Gasteiger partial charge < -0.3 is 13.9 Å². The van der Waals surface area contributed by atoms with Gasteiger partial charge in [0.2, 0.25) is 0 Å². The Bertz CT molecular complexity index is 1110. The number of fused-ring (bicyclic) bond motifs is 2. The molecule has 0 aromatic carbocycles. The van der Waals surface area contributed by atoms with Gasteiger partial charge in [-0.15, -0.1) is 0 Å². The minimum absolute atomic E-state index is 0.0675. The first kappa shape index (κ1) is 15.3. The quantitative estimate of drug-likeness (QED) is 0.543. The van der Waals surface area contributed by atoms with Crippen molar-refractivity contribution < 1.29 is 9.21 Å². The summed E-state index contributed by atoms with van der Waals surface area (Å²) < 4.78 is 9.06. The molecule has 1 aliphatic heterocycles. The molecule has 1 amide bonds. The summed E-state index contributed by atoms with van der Waals surface area (Å²) in [6.45, 7) is 1.94. The molecule has 0 fully saturated rings. The van der Waals surface area contributed by atoms with E-state index >= 15 is 0 Å². The number of halogens is 1. The van der Waals surface area contributed by atoms with Gasteiger partial charge in [-0.2, -0.15) is 5.10 Å². The van der Waals surface area contributed by atoms with Crippen molar-refractivity contribution in [3.05, 3.63) is 71.5 Å². The van der Waals surface area contributed by atoms with E-state index in [1.807, 2.05) is 17.0 Å². The van der Waals surface area contributed by atoms with Gasteiger partial charge in [-0.05, 0) is 36.4 Å². The Labute approximate surface area is 154 Å². The molecule has 0 bridgehead atoms. The summed E-state index contributed by atoms with van der Waals surface area (Å²) in [7, 11) is 0. The lowest BCUT2D eigenvalue weighted by atomic mass is 10.2. The number of hydrogen-bond acceptors (Lipinski definition) is 3. The van der Waals surface area contributed by atoms with Crippen molar-refractivity contribution >= 4 is 23.0 Å². The highest BCUT2D eigenvalue weighted by Crippen LogP contribution is 2.27. The molecule has 130 valence electrons. The molecule has 4 aromatic rings. The van der Waals surface area contributed by atoms with Gasteiger partial charge in [-0.3, -0.25) is 4.79 Å². The maximum atomic E-state index is 12.9. The number of rotatable bonds is 2. The van der Waals surface area contributed by atoms with Crippen molar-refractivity contribution in [2.75, 3.05) is 6.54 Å². The molecule has 7 heteroatoms. The van der Waals surface area contributed by atoms with Gasteiger partial charge in [0.25, 0.3) is 5.91 Å². The van der Waals surface area contributed by atoms with Crippen LogP contribution in [0, 0.1) is 0 Å². The summed E-state index contributed by atoms with van der Waals surface area (Å²) in [6, 6.07) is 11.5. The zero-order valence-corrected chi connectivity index (χ0v) is 14.6. The fourth-order valence-electron chi connectivity index (χ4n) is 3.47. The number of carbonyl (C=O) groups is 1. The van der Waals surface area contributed by atoms with Gasteiger partial charge in [-0.25, -0.2) is 4.52 Å². The second kappa shape index (κ2) is 5.78. The largest absolute Gasteiger partial charge is 0.472 e. The Hall–Kier alpha value is -2.99. The van der Waals surface area contributed by atoms with Crippen LogP contribution in [-0.2, 0) is 13.1 Å². The third-order valence-corrected chi connectivity index (χ3v) is 4.99. The second-order valence-corrected chi connectivity index (χ2v) is 6.78. The predicted molar refractivity (Wildman–Crippen MR) is 97.1 cm³/mol. The molecule has 5 heterocycles. The van der Waals surface area contributed by atoms with Crippen LogP contribution in [0.4, 0.5) is 0 Å². The maximum Gasteiger partial charge on any atom is 0.274 e. The number of amides is 1. The van der Waals surface area contributed by atoms with Gasteiger partial charge in [0.1, 0.15) is 0 Å². The highest BCUT2D eigenvalue weighted by Gasteiger charge is 2.25. The van der Waals surface area contributed by atoms with Crippen LogP contribution in [0.25, 0.3) is 16.8 Å². The van der Waals surface area contributed by atoms with E-state index in [0.29, 0.717) is 23.8 Å². The van der Waals surface area contributed by atoms with E-state index in [1.165, 1.54) is 0 Å². The third kappa shape index (κ3) is 2.42. The Balaban J connectivity index is 1.42.